The summed E-state index contributed by atoms with van der Waals surface area (Å²) in [4.78, 5) is 6.76. The Kier molecular flexibility index (Phi) is 12.7. The summed E-state index contributed by atoms with van der Waals surface area (Å²) in [6, 6.07) is 8.85. The molecule has 0 radical (unpaired) electrons. The first-order valence-electron chi connectivity index (χ1n) is 11.3. The van der Waals surface area contributed by atoms with Crippen LogP contribution in [0.5, 0.6) is 0 Å². The van der Waals surface area contributed by atoms with Crippen LogP contribution in [0.1, 0.15) is 49.7 Å². The lowest BCUT2D eigenvalue weighted by Crippen LogP contribution is -2.39. The number of rotatable bonds is 8. The predicted octanol–water partition coefficient (Wildman–Crippen LogP) is 3.54. The van der Waals surface area contributed by atoms with E-state index in [1.165, 1.54) is 49.7 Å². The summed E-state index contributed by atoms with van der Waals surface area (Å²) in [6.07, 6.45) is 8.23. The quantitative estimate of drug-likeness (QED) is 0.177. The second kappa shape index (κ2) is 15.0. The minimum atomic E-state index is 0. The highest BCUT2D eigenvalue weighted by Gasteiger charge is 2.12. The minimum absolute atomic E-state index is 0. The van der Waals surface area contributed by atoms with Gasteiger partial charge in [-0.05, 0) is 24.0 Å². The molecule has 2 fully saturated rings. The van der Waals surface area contributed by atoms with Crippen LogP contribution in [0.25, 0.3) is 0 Å². The predicted molar refractivity (Wildman–Crippen MR) is 134 cm³/mol. The Labute approximate surface area is 199 Å². The number of guanidine groups is 1. The molecule has 170 valence electrons. The molecule has 6 nitrogen and oxygen atoms in total. The van der Waals surface area contributed by atoms with Crippen LogP contribution in [-0.2, 0) is 22.6 Å². The van der Waals surface area contributed by atoms with Crippen LogP contribution in [0, 0.1) is 0 Å². The van der Waals surface area contributed by atoms with Crippen LogP contribution in [0.15, 0.2) is 29.3 Å². The Morgan fingerprint density at radius 2 is 1.70 bits per heavy atom. The van der Waals surface area contributed by atoms with Gasteiger partial charge in [0.15, 0.2) is 5.96 Å². The van der Waals surface area contributed by atoms with Crippen molar-refractivity contribution in [3.63, 3.8) is 0 Å². The van der Waals surface area contributed by atoms with Gasteiger partial charge in [-0.1, -0.05) is 49.9 Å². The summed E-state index contributed by atoms with van der Waals surface area (Å²) in [5.74, 6) is 0.826. The van der Waals surface area contributed by atoms with E-state index in [2.05, 4.69) is 44.8 Å². The van der Waals surface area contributed by atoms with Crippen molar-refractivity contribution in [3.8, 4) is 0 Å². The number of ether oxygens (including phenoxy) is 2. The Morgan fingerprint density at radius 1 is 1.03 bits per heavy atom. The molecule has 1 aliphatic heterocycles. The first kappa shape index (κ1) is 25.4. The zero-order valence-electron chi connectivity index (χ0n) is 18.4. The Balaban J connectivity index is 0.00000320. The second-order valence-corrected chi connectivity index (χ2v) is 8.04. The molecule has 0 atom stereocenters. The first-order chi connectivity index (χ1) is 14.3. The van der Waals surface area contributed by atoms with Crippen molar-refractivity contribution >= 4 is 29.9 Å². The largest absolute Gasteiger partial charge is 0.379 e. The normalized spacial score (nSPS) is 19.0. The van der Waals surface area contributed by atoms with Gasteiger partial charge in [0.05, 0.1) is 25.9 Å². The third-order valence-electron chi connectivity index (χ3n) is 5.77. The highest BCUT2D eigenvalue weighted by atomic mass is 127. The van der Waals surface area contributed by atoms with Crippen LogP contribution in [0.2, 0.25) is 0 Å². The number of morpholine rings is 1. The average molecular weight is 530 g/mol. The third kappa shape index (κ3) is 9.49. The van der Waals surface area contributed by atoms with Gasteiger partial charge < -0.3 is 20.1 Å². The second-order valence-electron chi connectivity index (χ2n) is 8.04. The van der Waals surface area contributed by atoms with Crippen LogP contribution < -0.4 is 10.6 Å². The van der Waals surface area contributed by atoms with Crippen molar-refractivity contribution in [1.82, 2.24) is 15.5 Å². The number of halogens is 1. The smallest absolute Gasteiger partial charge is 0.191 e. The van der Waals surface area contributed by atoms with Crippen LogP contribution in [-0.4, -0.2) is 63.5 Å². The molecule has 0 unspecified atom stereocenters. The van der Waals surface area contributed by atoms with Gasteiger partial charge in [-0.25, -0.2) is 0 Å². The number of hydrogen-bond donors (Lipinski definition) is 2. The van der Waals surface area contributed by atoms with E-state index in [4.69, 9.17) is 9.47 Å². The van der Waals surface area contributed by atoms with Gasteiger partial charge in [0.25, 0.3) is 0 Å². The molecular weight excluding hydrogens is 491 g/mol. The molecule has 0 spiro atoms. The van der Waals surface area contributed by atoms with E-state index in [1.807, 2.05) is 7.05 Å². The molecule has 0 amide bonds. The Hall–Kier alpha value is -0.900. The van der Waals surface area contributed by atoms with Crippen LogP contribution in [0.4, 0.5) is 0 Å². The lowest BCUT2D eigenvalue weighted by molar-refractivity contribution is 0.0342. The molecule has 1 saturated heterocycles. The molecular formula is C23H39IN4O2. The number of benzene rings is 1. The van der Waals surface area contributed by atoms with E-state index in [9.17, 15) is 0 Å². The van der Waals surface area contributed by atoms with E-state index in [0.29, 0.717) is 6.10 Å². The summed E-state index contributed by atoms with van der Waals surface area (Å²) in [5, 5.41) is 6.75. The zero-order valence-corrected chi connectivity index (χ0v) is 20.7. The van der Waals surface area contributed by atoms with E-state index < -0.39 is 0 Å². The molecule has 0 bridgehead atoms. The number of nitrogens with zero attached hydrogens (tertiary/aromatic N) is 2. The zero-order chi connectivity index (χ0) is 20.2. The van der Waals surface area contributed by atoms with E-state index in [0.717, 1.165) is 58.5 Å². The summed E-state index contributed by atoms with van der Waals surface area (Å²) in [6.45, 7) is 7.03. The van der Waals surface area contributed by atoms with Gasteiger partial charge in [0.2, 0.25) is 0 Å². The highest BCUT2D eigenvalue weighted by Crippen LogP contribution is 2.19. The highest BCUT2D eigenvalue weighted by molar-refractivity contribution is 14.0. The van der Waals surface area contributed by atoms with E-state index >= 15 is 0 Å². The molecule has 0 aromatic heterocycles. The van der Waals surface area contributed by atoms with E-state index in [-0.39, 0.29) is 24.0 Å². The summed E-state index contributed by atoms with van der Waals surface area (Å²) in [7, 11) is 1.81. The monoisotopic (exact) mass is 530 g/mol. The fourth-order valence-corrected chi connectivity index (χ4v) is 3.99. The standard InChI is InChI=1S/C23H38N4O2.HI/c1-24-23(25-12-15-29-22-6-4-2-3-5-7-22)26-18-20-8-10-21(11-9-20)19-27-13-16-28-17-14-27;/h8-11,22H,2-7,12-19H2,1H3,(H2,24,25,26);1H. The SMILES string of the molecule is CN=C(NCCOC1CCCCCC1)NCc1ccc(CN2CCOCC2)cc1.I. The Morgan fingerprint density at radius 3 is 2.37 bits per heavy atom. The maximum Gasteiger partial charge on any atom is 0.191 e. The minimum Gasteiger partial charge on any atom is -0.379 e. The van der Waals surface area contributed by atoms with Crippen molar-refractivity contribution < 1.29 is 9.47 Å². The molecule has 1 aromatic rings. The van der Waals surface area contributed by atoms with Crippen molar-refractivity contribution in [1.29, 1.82) is 0 Å². The molecule has 1 heterocycles. The van der Waals surface area contributed by atoms with Gasteiger partial charge in [0.1, 0.15) is 0 Å². The van der Waals surface area contributed by atoms with Crippen molar-refractivity contribution in [3.05, 3.63) is 35.4 Å². The topological polar surface area (TPSA) is 58.1 Å². The fraction of sp³-hybridized carbons (Fsp3) is 0.696. The van der Waals surface area contributed by atoms with Crippen LogP contribution >= 0.6 is 24.0 Å². The summed E-state index contributed by atoms with van der Waals surface area (Å²) < 4.78 is 11.5. The van der Waals surface area contributed by atoms with Gasteiger partial charge in [0, 0.05) is 39.8 Å². The van der Waals surface area contributed by atoms with Gasteiger partial charge in [-0.3, -0.25) is 9.89 Å². The maximum atomic E-state index is 6.04. The number of hydrogen-bond acceptors (Lipinski definition) is 4. The van der Waals surface area contributed by atoms with Gasteiger partial charge in [-0.2, -0.15) is 0 Å². The summed E-state index contributed by atoms with van der Waals surface area (Å²) >= 11 is 0. The lowest BCUT2D eigenvalue weighted by Gasteiger charge is -2.26. The van der Waals surface area contributed by atoms with Crippen molar-refractivity contribution in [2.75, 3.05) is 46.5 Å². The molecule has 1 aliphatic carbocycles. The molecule has 7 heteroatoms. The third-order valence-corrected chi connectivity index (χ3v) is 5.77. The molecule has 2 N–H and O–H groups in total. The van der Waals surface area contributed by atoms with Crippen molar-refractivity contribution in [2.45, 2.75) is 57.7 Å². The molecule has 3 rings (SSSR count). The Bertz CT molecular complexity index is 598. The first-order valence-corrected chi connectivity index (χ1v) is 11.3. The average Bonchev–Trinajstić information content (AvgIpc) is 3.04. The lowest BCUT2D eigenvalue weighted by atomic mass is 10.1. The summed E-state index contributed by atoms with van der Waals surface area (Å²) in [5.41, 5.74) is 2.61. The fourth-order valence-electron chi connectivity index (χ4n) is 3.99. The maximum absolute atomic E-state index is 6.04. The molecule has 2 aliphatic rings. The number of nitrogens with one attached hydrogen (secondary N) is 2. The van der Waals surface area contributed by atoms with Gasteiger partial charge >= 0.3 is 0 Å². The van der Waals surface area contributed by atoms with E-state index in [1.54, 1.807) is 0 Å². The molecule has 1 aromatic carbocycles. The molecule has 30 heavy (non-hydrogen) atoms. The van der Waals surface area contributed by atoms with Crippen LogP contribution in [0.3, 0.4) is 0 Å². The number of aliphatic imine (C=N–C) groups is 1. The van der Waals surface area contributed by atoms with Crippen molar-refractivity contribution in [2.24, 2.45) is 4.99 Å². The van der Waals surface area contributed by atoms with Gasteiger partial charge in [-0.15, -0.1) is 24.0 Å². The molecule has 1 saturated carbocycles.